The fraction of sp³-hybridized carbons (Fsp3) is 0.312. The van der Waals surface area contributed by atoms with Gasteiger partial charge in [-0.25, -0.2) is 18.4 Å². The first-order valence-corrected chi connectivity index (χ1v) is 10.4. The predicted octanol–water partition coefficient (Wildman–Crippen LogP) is 2.59. The molecule has 0 aliphatic heterocycles. The summed E-state index contributed by atoms with van der Waals surface area (Å²) in [6.45, 7) is 3.46. The standard InChI is InChI=1S/C16H20N4O3S2/c1-11-10-15(18-12(2)17-11)20-25(22,23)14-6-4-13(5-7-14)19-16(21)8-9-24-3/h4-7,10H,8-9H2,1-3H3,(H,19,21)(H,17,18,20). The second-order valence-electron chi connectivity index (χ2n) is 5.36. The highest BCUT2D eigenvalue weighted by atomic mass is 32.2. The molecular formula is C16H20N4O3S2. The molecule has 9 heteroatoms. The molecule has 0 radical (unpaired) electrons. The highest BCUT2D eigenvalue weighted by Crippen LogP contribution is 2.18. The lowest BCUT2D eigenvalue weighted by Crippen LogP contribution is -2.15. The van der Waals surface area contributed by atoms with Gasteiger partial charge in [0.15, 0.2) is 0 Å². The first kappa shape index (κ1) is 19.2. The summed E-state index contributed by atoms with van der Waals surface area (Å²) in [4.78, 5) is 20.0. The third kappa shape index (κ3) is 5.71. The van der Waals surface area contributed by atoms with E-state index in [2.05, 4.69) is 20.0 Å². The number of carbonyl (C=O) groups excluding carboxylic acids is 1. The van der Waals surface area contributed by atoms with Crippen molar-refractivity contribution >= 4 is 39.2 Å². The number of sulfonamides is 1. The molecule has 1 heterocycles. The molecule has 2 aromatic rings. The average Bonchev–Trinajstić information content (AvgIpc) is 2.52. The van der Waals surface area contributed by atoms with Crippen LogP contribution in [0.15, 0.2) is 35.2 Å². The zero-order chi connectivity index (χ0) is 18.4. The van der Waals surface area contributed by atoms with E-state index >= 15 is 0 Å². The van der Waals surface area contributed by atoms with Crippen LogP contribution < -0.4 is 10.0 Å². The molecule has 134 valence electrons. The van der Waals surface area contributed by atoms with Crippen LogP contribution >= 0.6 is 11.8 Å². The van der Waals surface area contributed by atoms with E-state index < -0.39 is 10.0 Å². The van der Waals surface area contributed by atoms with Gasteiger partial charge in [-0.2, -0.15) is 11.8 Å². The molecule has 7 nitrogen and oxygen atoms in total. The normalized spacial score (nSPS) is 11.2. The number of hydrogen-bond acceptors (Lipinski definition) is 6. The number of aromatic nitrogens is 2. The van der Waals surface area contributed by atoms with Crippen molar-refractivity contribution in [1.29, 1.82) is 0 Å². The van der Waals surface area contributed by atoms with Crippen LogP contribution in [0.1, 0.15) is 17.9 Å². The summed E-state index contributed by atoms with van der Waals surface area (Å²) in [7, 11) is -3.76. The Kier molecular flexibility index (Phi) is 6.38. The summed E-state index contributed by atoms with van der Waals surface area (Å²) in [5, 5.41) is 2.73. The maximum atomic E-state index is 12.4. The molecule has 0 unspecified atom stereocenters. The molecule has 0 aliphatic rings. The maximum absolute atomic E-state index is 12.4. The van der Waals surface area contributed by atoms with Gasteiger partial charge in [0.2, 0.25) is 5.91 Å². The third-order valence-electron chi connectivity index (χ3n) is 3.19. The molecule has 1 amide bonds. The lowest BCUT2D eigenvalue weighted by Gasteiger charge is -2.10. The van der Waals surface area contributed by atoms with Gasteiger partial charge < -0.3 is 5.32 Å². The molecule has 0 atom stereocenters. The van der Waals surface area contributed by atoms with Crippen LogP contribution in [0.25, 0.3) is 0 Å². The summed E-state index contributed by atoms with van der Waals surface area (Å²) >= 11 is 1.59. The maximum Gasteiger partial charge on any atom is 0.263 e. The average molecular weight is 380 g/mol. The largest absolute Gasteiger partial charge is 0.326 e. The van der Waals surface area contributed by atoms with Gasteiger partial charge in [-0.15, -0.1) is 0 Å². The van der Waals surface area contributed by atoms with Gasteiger partial charge in [-0.3, -0.25) is 9.52 Å². The topological polar surface area (TPSA) is 101 Å². The molecule has 0 fully saturated rings. The second-order valence-corrected chi connectivity index (χ2v) is 8.03. The van der Waals surface area contributed by atoms with Crippen molar-refractivity contribution < 1.29 is 13.2 Å². The van der Waals surface area contributed by atoms with Gasteiger partial charge in [0, 0.05) is 29.6 Å². The van der Waals surface area contributed by atoms with Crippen LogP contribution in [-0.2, 0) is 14.8 Å². The van der Waals surface area contributed by atoms with Crippen LogP contribution in [0.3, 0.4) is 0 Å². The molecule has 0 spiro atoms. The van der Waals surface area contributed by atoms with Crippen molar-refractivity contribution in [3.63, 3.8) is 0 Å². The Morgan fingerprint density at radius 2 is 1.84 bits per heavy atom. The lowest BCUT2D eigenvalue weighted by atomic mass is 10.3. The zero-order valence-corrected chi connectivity index (χ0v) is 15.9. The van der Waals surface area contributed by atoms with Crippen LogP contribution in [0.2, 0.25) is 0 Å². The van der Waals surface area contributed by atoms with E-state index in [0.717, 1.165) is 5.75 Å². The molecule has 2 rings (SSSR count). The van der Waals surface area contributed by atoms with Crippen molar-refractivity contribution in [2.24, 2.45) is 0 Å². The molecule has 0 aliphatic carbocycles. The summed E-state index contributed by atoms with van der Waals surface area (Å²) in [6.07, 6.45) is 2.34. The Labute approximate surface area is 151 Å². The molecular weight excluding hydrogens is 360 g/mol. The lowest BCUT2D eigenvalue weighted by molar-refractivity contribution is -0.115. The molecule has 1 aromatic heterocycles. The Morgan fingerprint density at radius 3 is 2.44 bits per heavy atom. The number of amides is 1. The minimum atomic E-state index is -3.76. The minimum absolute atomic E-state index is 0.0866. The Bertz CT molecular complexity index is 832. The predicted molar refractivity (Wildman–Crippen MR) is 100 cm³/mol. The van der Waals surface area contributed by atoms with E-state index in [1.165, 1.54) is 12.1 Å². The molecule has 1 aromatic carbocycles. The van der Waals surface area contributed by atoms with E-state index in [-0.39, 0.29) is 16.6 Å². The fourth-order valence-electron chi connectivity index (χ4n) is 2.10. The highest BCUT2D eigenvalue weighted by Gasteiger charge is 2.15. The first-order valence-electron chi connectivity index (χ1n) is 7.54. The van der Waals surface area contributed by atoms with E-state index in [0.29, 0.717) is 23.6 Å². The SMILES string of the molecule is CSCCC(=O)Nc1ccc(S(=O)(=O)Nc2cc(C)nc(C)n2)cc1. The highest BCUT2D eigenvalue weighted by molar-refractivity contribution is 7.98. The fourth-order valence-corrected chi connectivity index (χ4v) is 3.48. The van der Waals surface area contributed by atoms with Gasteiger partial charge in [0.05, 0.1) is 4.90 Å². The number of benzene rings is 1. The van der Waals surface area contributed by atoms with Gasteiger partial charge in [0.25, 0.3) is 10.0 Å². The monoisotopic (exact) mass is 380 g/mol. The Hall–Kier alpha value is -2.13. The van der Waals surface area contributed by atoms with Crippen LogP contribution in [0.5, 0.6) is 0 Å². The summed E-state index contributed by atoms with van der Waals surface area (Å²) in [5.41, 5.74) is 1.23. The number of aryl methyl sites for hydroxylation is 2. The number of hydrogen-bond donors (Lipinski definition) is 2. The summed E-state index contributed by atoms with van der Waals surface area (Å²) in [6, 6.07) is 7.55. The number of thioether (sulfide) groups is 1. The number of carbonyl (C=O) groups is 1. The Morgan fingerprint density at radius 1 is 1.16 bits per heavy atom. The number of nitrogens with one attached hydrogen (secondary N) is 2. The number of anilines is 2. The second kappa shape index (κ2) is 8.30. The zero-order valence-electron chi connectivity index (χ0n) is 14.2. The summed E-state index contributed by atoms with van der Waals surface area (Å²) in [5.74, 6) is 1.34. The minimum Gasteiger partial charge on any atom is -0.326 e. The third-order valence-corrected chi connectivity index (χ3v) is 5.17. The van der Waals surface area contributed by atoms with Crippen molar-refractivity contribution in [3.8, 4) is 0 Å². The summed E-state index contributed by atoms with van der Waals surface area (Å²) < 4.78 is 27.3. The number of rotatable bonds is 7. The van der Waals surface area contributed by atoms with Crippen molar-refractivity contribution in [2.75, 3.05) is 22.0 Å². The molecule has 0 saturated carbocycles. The van der Waals surface area contributed by atoms with Crippen molar-refractivity contribution in [1.82, 2.24) is 9.97 Å². The first-order chi connectivity index (χ1) is 11.8. The van der Waals surface area contributed by atoms with E-state index in [1.54, 1.807) is 43.8 Å². The van der Waals surface area contributed by atoms with Crippen molar-refractivity contribution in [2.45, 2.75) is 25.2 Å². The Balaban J connectivity index is 2.10. The van der Waals surface area contributed by atoms with Crippen molar-refractivity contribution in [3.05, 3.63) is 41.9 Å². The van der Waals surface area contributed by atoms with E-state index in [1.807, 2.05) is 6.26 Å². The van der Waals surface area contributed by atoms with Crippen LogP contribution in [0.4, 0.5) is 11.5 Å². The molecule has 0 saturated heterocycles. The van der Waals surface area contributed by atoms with E-state index in [4.69, 9.17) is 0 Å². The van der Waals surface area contributed by atoms with Crippen LogP contribution in [-0.4, -0.2) is 36.3 Å². The van der Waals surface area contributed by atoms with Crippen LogP contribution in [0, 0.1) is 13.8 Å². The number of nitrogens with zero attached hydrogens (tertiary/aromatic N) is 2. The van der Waals surface area contributed by atoms with Gasteiger partial charge >= 0.3 is 0 Å². The van der Waals surface area contributed by atoms with Gasteiger partial charge in [-0.1, -0.05) is 0 Å². The van der Waals surface area contributed by atoms with Gasteiger partial charge in [-0.05, 0) is 44.4 Å². The quantitative estimate of drug-likeness (QED) is 0.766. The smallest absolute Gasteiger partial charge is 0.263 e. The molecule has 0 bridgehead atoms. The van der Waals surface area contributed by atoms with Gasteiger partial charge in [0.1, 0.15) is 11.6 Å². The molecule has 25 heavy (non-hydrogen) atoms. The van der Waals surface area contributed by atoms with E-state index in [9.17, 15) is 13.2 Å². The molecule has 2 N–H and O–H groups in total.